The molecule has 21 heavy (non-hydrogen) atoms. The minimum Gasteiger partial charge on any atom is -0.507 e. The van der Waals surface area contributed by atoms with E-state index in [2.05, 4.69) is 0 Å². The average Bonchev–Trinajstić information content (AvgIpc) is 3.32. The number of hydrogen-bond donors (Lipinski definition) is 1. The van der Waals surface area contributed by atoms with Crippen LogP contribution in [0.2, 0.25) is 0 Å². The Morgan fingerprint density at radius 1 is 1.19 bits per heavy atom. The Labute approximate surface area is 124 Å². The molecule has 1 N–H and O–H groups in total. The lowest BCUT2D eigenvalue weighted by Crippen LogP contribution is -2.02. The molecule has 3 rings (SSSR count). The number of aromatic hydroxyl groups is 1. The molecule has 0 aromatic heterocycles. The summed E-state index contributed by atoms with van der Waals surface area (Å²) < 4.78 is 5.18. The van der Waals surface area contributed by atoms with E-state index in [-0.39, 0.29) is 11.5 Å². The zero-order valence-corrected chi connectivity index (χ0v) is 11.8. The van der Waals surface area contributed by atoms with Gasteiger partial charge < -0.3 is 9.84 Å². The van der Waals surface area contributed by atoms with Crippen LogP contribution in [0.15, 0.2) is 48.5 Å². The van der Waals surface area contributed by atoms with Gasteiger partial charge in [-0.25, -0.2) is 0 Å². The lowest BCUT2D eigenvalue weighted by molar-refractivity contribution is 0.103. The predicted molar refractivity (Wildman–Crippen MR) is 80.7 cm³/mol. The Bertz CT molecular complexity index is 630. The lowest BCUT2D eigenvalue weighted by Gasteiger charge is -2.07. The van der Waals surface area contributed by atoms with E-state index in [0.29, 0.717) is 17.2 Å². The quantitative estimate of drug-likeness (QED) is 0.653. The summed E-state index contributed by atoms with van der Waals surface area (Å²) in [5.41, 5.74) is 2.00. The molecular weight excluding hydrogens is 264 g/mol. The van der Waals surface area contributed by atoms with Crippen molar-refractivity contribution in [3.05, 3.63) is 65.2 Å². The molecule has 0 spiro atoms. The molecule has 1 saturated heterocycles. The van der Waals surface area contributed by atoms with Gasteiger partial charge in [0.15, 0.2) is 5.78 Å². The second-order valence-corrected chi connectivity index (χ2v) is 5.39. The average molecular weight is 282 g/mol. The summed E-state index contributed by atoms with van der Waals surface area (Å²) in [6.45, 7) is 0.885. The van der Waals surface area contributed by atoms with Crippen LogP contribution in [0, 0.1) is 0 Å². The van der Waals surface area contributed by atoms with Crippen molar-refractivity contribution in [2.45, 2.75) is 25.4 Å². The molecule has 1 atom stereocenters. The fraction of sp³-hybridized carbons (Fsp3) is 0.278. The number of phenolic OH excluding ortho intramolecular Hbond substituents is 1. The van der Waals surface area contributed by atoms with Gasteiger partial charge in [0.25, 0.3) is 0 Å². The first-order chi connectivity index (χ1) is 10.2. The highest BCUT2D eigenvalue weighted by molar-refractivity contribution is 6.10. The molecule has 1 fully saturated rings. The maximum absolute atomic E-state index is 12.3. The van der Waals surface area contributed by atoms with Crippen molar-refractivity contribution in [1.29, 1.82) is 0 Å². The van der Waals surface area contributed by atoms with Gasteiger partial charge in [0.2, 0.25) is 0 Å². The molecule has 0 bridgehead atoms. The van der Waals surface area contributed by atoms with Crippen LogP contribution < -0.4 is 0 Å². The fourth-order valence-corrected chi connectivity index (χ4v) is 2.44. The summed E-state index contributed by atoms with van der Waals surface area (Å²) in [4.78, 5) is 12.3. The van der Waals surface area contributed by atoms with E-state index < -0.39 is 0 Å². The Morgan fingerprint density at radius 2 is 1.95 bits per heavy atom. The molecule has 108 valence electrons. The molecule has 3 heteroatoms. The van der Waals surface area contributed by atoms with Crippen molar-refractivity contribution in [1.82, 2.24) is 0 Å². The topological polar surface area (TPSA) is 49.8 Å². The SMILES string of the molecule is O=C(c1ccccc1)c1ccc(CCCC2CO2)cc1O. The second-order valence-electron chi connectivity index (χ2n) is 5.39. The molecule has 2 aromatic carbocycles. The number of ether oxygens (including phenoxy) is 1. The van der Waals surface area contributed by atoms with Crippen molar-refractivity contribution in [3.63, 3.8) is 0 Å². The second kappa shape index (κ2) is 6.10. The van der Waals surface area contributed by atoms with Gasteiger partial charge in [0.1, 0.15) is 5.75 Å². The molecule has 0 saturated carbocycles. The van der Waals surface area contributed by atoms with Crippen LogP contribution in [0.1, 0.15) is 34.3 Å². The summed E-state index contributed by atoms with van der Waals surface area (Å²) in [5, 5.41) is 10.1. The molecule has 0 amide bonds. The Balaban J connectivity index is 1.69. The Kier molecular flexibility index (Phi) is 4.02. The van der Waals surface area contributed by atoms with Crippen molar-refractivity contribution in [2.75, 3.05) is 6.61 Å². The number of carbonyl (C=O) groups excluding carboxylic acids is 1. The molecule has 3 nitrogen and oxygen atoms in total. The first-order valence-corrected chi connectivity index (χ1v) is 7.27. The van der Waals surface area contributed by atoms with Crippen molar-refractivity contribution >= 4 is 5.78 Å². The first kappa shape index (κ1) is 13.8. The van der Waals surface area contributed by atoms with Crippen molar-refractivity contribution in [2.24, 2.45) is 0 Å². The minimum atomic E-state index is -0.147. The zero-order valence-electron chi connectivity index (χ0n) is 11.8. The van der Waals surface area contributed by atoms with E-state index in [0.717, 1.165) is 31.4 Å². The van der Waals surface area contributed by atoms with Crippen LogP contribution in [-0.2, 0) is 11.2 Å². The van der Waals surface area contributed by atoms with Gasteiger partial charge >= 0.3 is 0 Å². The van der Waals surface area contributed by atoms with E-state index >= 15 is 0 Å². The van der Waals surface area contributed by atoms with Crippen LogP contribution in [-0.4, -0.2) is 23.6 Å². The minimum absolute atomic E-state index is 0.0593. The van der Waals surface area contributed by atoms with E-state index in [1.54, 1.807) is 24.3 Å². The summed E-state index contributed by atoms with van der Waals surface area (Å²) in [6, 6.07) is 14.3. The van der Waals surface area contributed by atoms with Gasteiger partial charge in [-0.2, -0.15) is 0 Å². The van der Waals surface area contributed by atoms with E-state index in [1.807, 2.05) is 24.3 Å². The largest absolute Gasteiger partial charge is 0.507 e. The maximum atomic E-state index is 12.3. The van der Waals surface area contributed by atoms with Gasteiger partial charge in [0, 0.05) is 5.56 Å². The Morgan fingerprint density at radius 3 is 2.62 bits per heavy atom. The summed E-state index contributed by atoms with van der Waals surface area (Å²) in [7, 11) is 0. The highest BCUT2D eigenvalue weighted by atomic mass is 16.6. The van der Waals surface area contributed by atoms with Gasteiger partial charge in [0.05, 0.1) is 18.3 Å². The number of carbonyl (C=O) groups is 1. The number of phenols is 1. The summed E-state index contributed by atoms with van der Waals surface area (Å²) in [5.74, 6) is -0.0879. The number of aryl methyl sites for hydroxylation is 1. The summed E-state index contributed by atoms with van der Waals surface area (Å²) in [6.07, 6.45) is 3.44. The Hall–Kier alpha value is -2.13. The number of ketones is 1. The number of epoxide rings is 1. The van der Waals surface area contributed by atoms with Gasteiger partial charge in [-0.05, 0) is 37.0 Å². The predicted octanol–water partition coefficient (Wildman–Crippen LogP) is 3.34. The molecule has 0 aliphatic carbocycles. The molecule has 1 aliphatic heterocycles. The third-order valence-corrected chi connectivity index (χ3v) is 3.74. The van der Waals surface area contributed by atoms with E-state index in [1.165, 1.54) is 0 Å². The molecule has 1 heterocycles. The molecule has 2 aromatic rings. The normalized spacial score (nSPS) is 16.7. The third kappa shape index (κ3) is 3.50. The third-order valence-electron chi connectivity index (χ3n) is 3.74. The van der Waals surface area contributed by atoms with Crippen molar-refractivity contribution < 1.29 is 14.6 Å². The van der Waals surface area contributed by atoms with Crippen LogP contribution in [0.5, 0.6) is 5.75 Å². The smallest absolute Gasteiger partial charge is 0.196 e. The maximum Gasteiger partial charge on any atom is 0.196 e. The fourth-order valence-electron chi connectivity index (χ4n) is 2.44. The lowest BCUT2D eigenvalue weighted by atomic mass is 9.99. The number of rotatable bonds is 6. The molecule has 1 aliphatic rings. The number of benzene rings is 2. The number of hydrogen-bond acceptors (Lipinski definition) is 3. The summed E-state index contributed by atoms with van der Waals surface area (Å²) >= 11 is 0. The van der Waals surface area contributed by atoms with Crippen LogP contribution >= 0.6 is 0 Å². The molecular formula is C18H18O3. The monoisotopic (exact) mass is 282 g/mol. The van der Waals surface area contributed by atoms with E-state index in [4.69, 9.17) is 4.74 Å². The standard InChI is InChI=1S/C18H18O3/c19-17-11-13(5-4-8-15-12-21-15)9-10-16(17)18(20)14-6-2-1-3-7-14/h1-3,6-7,9-11,15,19H,4-5,8,12H2. The molecule has 0 radical (unpaired) electrons. The highest BCUT2D eigenvalue weighted by Gasteiger charge is 2.21. The van der Waals surface area contributed by atoms with Gasteiger partial charge in [-0.3, -0.25) is 4.79 Å². The first-order valence-electron chi connectivity index (χ1n) is 7.27. The van der Waals surface area contributed by atoms with Gasteiger partial charge in [-0.15, -0.1) is 0 Å². The molecule has 1 unspecified atom stereocenters. The highest BCUT2D eigenvalue weighted by Crippen LogP contribution is 2.24. The van der Waals surface area contributed by atoms with E-state index in [9.17, 15) is 9.90 Å². The van der Waals surface area contributed by atoms with Crippen LogP contribution in [0.25, 0.3) is 0 Å². The van der Waals surface area contributed by atoms with Gasteiger partial charge in [-0.1, -0.05) is 36.4 Å². The van der Waals surface area contributed by atoms with Crippen LogP contribution in [0.3, 0.4) is 0 Å². The van der Waals surface area contributed by atoms with Crippen LogP contribution in [0.4, 0.5) is 0 Å². The van der Waals surface area contributed by atoms with Crippen molar-refractivity contribution in [3.8, 4) is 5.75 Å². The zero-order chi connectivity index (χ0) is 14.7.